The first-order chi connectivity index (χ1) is 7.69. The molecule has 1 fully saturated rings. The van der Waals surface area contributed by atoms with Crippen LogP contribution in [-0.2, 0) is 0 Å². The van der Waals surface area contributed by atoms with Crippen molar-refractivity contribution in [2.24, 2.45) is 10.9 Å². The standard InChI is InChI=1S/C12H25N3S.HI/c1-5-6-14-12(13-4)15-7-8-16-11(9-15)10(2)3;/h10-11H,5-9H2,1-4H3,(H,13,14);1H. The topological polar surface area (TPSA) is 27.6 Å². The Morgan fingerprint density at radius 3 is 2.76 bits per heavy atom. The summed E-state index contributed by atoms with van der Waals surface area (Å²) < 4.78 is 0. The SMILES string of the molecule is CCCNC(=NC)N1CCSC(C(C)C)C1.I. The quantitative estimate of drug-likeness (QED) is 0.470. The van der Waals surface area contributed by atoms with E-state index < -0.39 is 0 Å². The van der Waals surface area contributed by atoms with Gasteiger partial charge in [0.1, 0.15) is 0 Å². The number of thioether (sulfide) groups is 1. The minimum atomic E-state index is 0. The molecule has 1 N–H and O–H groups in total. The van der Waals surface area contributed by atoms with E-state index in [2.05, 4.69) is 47.7 Å². The van der Waals surface area contributed by atoms with E-state index in [1.165, 1.54) is 5.75 Å². The maximum atomic E-state index is 4.37. The van der Waals surface area contributed by atoms with Crippen LogP contribution < -0.4 is 5.32 Å². The molecule has 0 aliphatic carbocycles. The summed E-state index contributed by atoms with van der Waals surface area (Å²) in [5.74, 6) is 3.04. The molecule has 0 radical (unpaired) electrons. The third-order valence-electron chi connectivity index (χ3n) is 2.88. The lowest BCUT2D eigenvalue weighted by molar-refractivity contribution is 0.381. The van der Waals surface area contributed by atoms with Crippen molar-refractivity contribution in [3.8, 4) is 0 Å². The minimum Gasteiger partial charge on any atom is -0.356 e. The molecule has 1 unspecified atom stereocenters. The molecule has 1 aliphatic rings. The average Bonchev–Trinajstić information content (AvgIpc) is 2.30. The number of hydrogen-bond acceptors (Lipinski definition) is 2. The highest BCUT2D eigenvalue weighted by Gasteiger charge is 2.24. The Hall–Kier alpha value is 0.350. The maximum Gasteiger partial charge on any atom is 0.193 e. The summed E-state index contributed by atoms with van der Waals surface area (Å²) in [4.78, 5) is 6.76. The van der Waals surface area contributed by atoms with Crippen molar-refractivity contribution in [1.82, 2.24) is 10.2 Å². The van der Waals surface area contributed by atoms with Crippen LogP contribution in [0.25, 0.3) is 0 Å². The van der Waals surface area contributed by atoms with Crippen LogP contribution in [0.15, 0.2) is 4.99 Å². The van der Waals surface area contributed by atoms with Crippen LogP contribution in [0.5, 0.6) is 0 Å². The lowest BCUT2D eigenvalue weighted by Gasteiger charge is -2.36. The number of nitrogens with zero attached hydrogens (tertiary/aromatic N) is 2. The zero-order valence-electron chi connectivity index (χ0n) is 11.4. The summed E-state index contributed by atoms with van der Waals surface area (Å²) in [6.45, 7) is 10.1. The molecule has 3 nitrogen and oxygen atoms in total. The molecular formula is C12H26IN3S. The molecule has 1 atom stereocenters. The first kappa shape index (κ1) is 17.4. The average molecular weight is 371 g/mol. The van der Waals surface area contributed by atoms with Crippen molar-refractivity contribution >= 4 is 41.7 Å². The van der Waals surface area contributed by atoms with Crippen molar-refractivity contribution in [1.29, 1.82) is 0 Å². The molecular weight excluding hydrogens is 345 g/mol. The van der Waals surface area contributed by atoms with Gasteiger partial charge in [0.05, 0.1) is 0 Å². The smallest absolute Gasteiger partial charge is 0.193 e. The fourth-order valence-electron chi connectivity index (χ4n) is 1.84. The Kier molecular flexibility index (Phi) is 9.49. The highest BCUT2D eigenvalue weighted by molar-refractivity contribution is 14.0. The fourth-order valence-corrected chi connectivity index (χ4v) is 3.14. The van der Waals surface area contributed by atoms with Gasteiger partial charge in [0.15, 0.2) is 5.96 Å². The van der Waals surface area contributed by atoms with Crippen LogP contribution in [0, 0.1) is 5.92 Å². The summed E-state index contributed by atoms with van der Waals surface area (Å²) in [6.07, 6.45) is 1.15. The first-order valence-corrected chi connectivity index (χ1v) is 7.31. The molecule has 5 heteroatoms. The van der Waals surface area contributed by atoms with Crippen LogP contribution in [0.3, 0.4) is 0 Å². The summed E-state index contributed by atoms with van der Waals surface area (Å²) >= 11 is 2.10. The van der Waals surface area contributed by atoms with Crippen molar-refractivity contribution in [3.63, 3.8) is 0 Å². The van der Waals surface area contributed by atoms with Crippen molar-refractivity contribution in [2.45, 2.75) is 32.4 Å². The molecule has 0 aromatic carbocycles. The van der Waals surface area contributed by atoms with Gasteiger partial charge in [-0.15, -0.1) is 24.0 Å². The Morgan fingerprint density at radius 2 is 2.24 bits per heavy atom. The van der Waals surface area contributed by atoms with Crippen LogP contribution in [-0.4, -0.2) is 48.5 Å². The molecule has 1 aliphatic heterocycles. The monoisotopic (exact) mass is 371 g/mol. The number of hydrogen-bond donors (Lipinski definition) is 1. The molecule has 1 rings (SSSR count). The zero-order chi connectivity index (χ0) is 12.0. The van der Waals surface area contributed by atoms with Crippen molar-refractivity contribution in [3.05, 3.63) is 0 Å². The third kappa shape index (κ3) is 5.68. The Bertz CT molecular complexity index is 234. The van der Waals surface area contributed by atoms with Crippen LogP contribution in [0.1, 0.15) is 27.2 Å². The van der Waals surface area contributed by atoms with E-state index in [0.29, 0.717) is 0 Å². The third-order valence-corrected chi connectivity index (χ3v) is 4.42. The van der Waals surface area contributed by atoms with E-state index in [0.717, 1.165) is 43.2 Å². The van der Waals surface area contributed by atoms with E-state index in [9.17, 15) is 0 Å². The van der Waals surface area contributed by atoms with Crippen molar-refractivity contribution < 1.29 is 0 Å². The second-order valence-electron chi connectivity index (χ2n) is 4.57. The fraction of sp³-hybridized carbons (Fsp3) is 0.917. The van der Waals surface area contributed by atoms with Gasteiger partial charge in [-0.25, -0.2) is 0 Å². The second kappa shape index (κ2) is 9.30. The largest absolute Gasteiger partial charge is 0.356 e. The van der Waals surface area contributed by atoms with Crippen LogP contribution in [0.4, 0.5) is 0 Å². The van der Waals surface area contributed by atoms with E-state index in [4.69, 9.17) is 0 Å². The molecule has 1 heterocycles. The molecule has 0 bridgehead atoms. The van der Waals surface area contributed by atoms with Gasteiger partial charge in [0, 0.05) is 37.7 Å². The number of guanidine groups is 1. The molecule has 0 aromatic heterocycles. The lowest BCUT2D eigenvalue weighted by Crippen LogP contribution is -2.49. The summed E-state index contributed by atoms with van der Waals surface area (Å²) in [6, 6.07) is 0. The van der Waals surface area contributed by atoms with Gasteiger partial charge in [0.25, 0.3) is 0 Å². The summed E-state index contributed by atoms with van der Waals surface area (Å²) in [5.41, 5.74) is 0. The zero-order valence-corrected chi connectivity index (χ0v) is 14.5. The highest BCUT2D eigenvalue weighted by atomic mass is 127. The number of halogens is 1. The molecule has 0 amide bonds. The van der Waals surface area contributed by atoms with E-state index in [-0.39, 0.29) is 24.0 Å². The van der Waals surface area contributed by atoms with E-state index >= 15 is 0 Å². The number of aliphatic imine (C=N–C) groups is 1. The lowest BCUT2D eigenvalue weighted by atomic mass is 10.1. The second-order valence-corrected chi connectivity index (χ2v) is 5.92. The summed E-state index contributed by atoms with van der Waals surface area (Å²) in [7, 11) is 1.88. The molecule has 0 saturated carbocycles. The molecule has 1 saturated heterocycles. The van der Waals surface area contributed by atoms with Crippen molar-refractivity contribution in [2.75, 3.05) is 32.4 Å². The Labute approximate surface area is 127 Å². The van der Waals surface area contributed by atoms with Gasteiger partial charge in [-0.05, 0) is 12.3 Å². The van der Waals surface area contributed by atoms with Gasteiger partial charge in [-0.1, -0.05) is 20.8 Å². The van der Waals surface area contributed by atoms with Crippen LogP contribution in [0.2, 0.25) is 0 Å². The van der Waals surface area contributed by atoms with Gasteiger partial charge >= 0.3 is 0 Å². The molecule has 17 heavy (non-hydrogen) atoms. The Morgan fingerprint density at radius 1 is 1.53 bits per heavy atom. The highest BCUT2D eigenvalue weighted by Crippen LogP contribution is 2.24. The first-order valence-electron chi connectivity index (χ1n) is 6.26. The van der Waals surface area contributed by atoms with Gasteiger partial charge in [0.2, 0.25) is 0 Å². The minimum absolute atomic E-state index is 0. The van der Waals surface area contributed by atoms with Crippen LogP contribution >= 0.6 is 35.7 Å². The predicted molar refractivity (Wildman–Crippen MR) is 89.7 cm³/mol. The normalized spacial score (nSPS) is 21.4. The summed E-state index contributed by atoms with van der Waals surface area (Å²) in [5, 5.41) is 4.16. The van der Waals surface area contributed by atoms with Gasteiger partial charge in [-0.3, -0.25) is 4.99 Å². The van der Waals surface area contributed by atoms with Gasteiger partial charge < -0.3 is 10.2 Å². The molecule has 102 valence electrons. The van der Waals surface area contributed by atoms with Gasteiger partial charge in [-0.2, -0.15) is 11.8 Å². The number of nitrogens with one attached hydrogen (secondary N) is 1. The molecule has 0 spiro atoms. The molecule has 0 aromatic rings. The number of rotatable bonds is 3. The van der Waals surface area contributed by atoms with E-state index in [1.807, 2.05) is 7.05 Å². The Balaban J connectivity index is 0.00000256. The maximum absolute atomic E-state index is 4.37. The van der Waals surface area contributed by atoms with E-state index in [1.54, 1.807) is 0 Å². The predicted octanol–water partition coefficient (Wildman–Crippen LogP) is 2.66.